The minimum Gasteiger partial charge on any atom is -0.205 e. The number of rotatable bonds is 1. The predicted octanol–water partition coefficient (Wildman–Crippen LogP) is 3.02. The van der Waals surface area contributed by atoms with Crippen molar-refractivity contribution in [3.8, 4) is 6.07 Å². The summed E-state index contributed by atoms with van der Waals surface area (Å²) in [5.74, 6) is -0.475. The molecule has 12 heavy (non-hydrogen) atoms. The summed E-state index contributed by atoms with van der Waals surface area (Å²) in [6, 6.07) is 6.18. The Labute approximate surface area is 74.7 Å². The molecule has 0 amide bonds. The minimum atomic E-state index is -0.475. The minimum absolute atomic E-state index is 0.0871. The van der Waals surface area contributed by atoms with E-state index in [9.17, 15) is 4.39 Å². The van der Waals surface area contributed by atoms with Crippen molar-refractivity contribution in [1.29, 1.82) is 5.26 Å². The van der Waals surface area contributed by atoms with Gasteiger partial charge in [0, 0.05) is 6.08 Å². The van der Waals surface area contributed by atoms with E-state index in [1.807, 2.05) is 6.07 Å². The Morgan fingerprint density at radius 1 is 1.50 bits per heavy atom. The molecule has 0 saturated heterocycles. The van der Waals surface area contributed by atoms with Crippen LogP contribution in [-0.2, 0) is 0 Å². The fraction of sp³-hybridized carbons (Fsp3) is 0. The molecule has 1 aromatic carbocycles. The van der Waals surface area contributed by atoms with Crippen molar-refractivity contribution in [3.05, 3.63) is 40.7 Å². The summed E-state index contributed by atoms with van der Waals surface area (Å²) in [5, 5.41) is 8.28. The summed E-state index contributed by atoms with van der Waals surface area (Å²) in [6.07, 6.45) is 2.79. The number of halogens is 2. The maximum Gasteiger partial charge on any atom is 0.142 e. The van der Waals surface area contributed by atoms with Gasteiger partial charge in [0.15, 0.2) is 0 Å². The van der Waals surface area contributed by atoms with Crippen LogP contribution in [0.3, 0.4) is 0 Å². The maximum atomic E-state index is 12.8. The van der Waals surface area contributed by atoms with Crippen LogP contribution in [0.1, 0.15) is 5.56 Å². The van der Waals surface area contributed by atoms with Gasteiger partial charge in [-0.15, -0.1) is 0 Å². The first-order valence-corrected chi connectivity index (χ1v) is 3.63. The van der Waals surface area contributed by atoms with E-state index in [1.54, 1.807) is 6.07 Å². The largest absolute Gasteiger partial charge is 0.205 e. The second-order valence-electron chi connectivity index (χ2n) is 2.14. The number of hydrogen-bond acceptors (Lipinski definition) is 1. The molecule has 0 heterocycles. The molecule has 0 saturated carbocycles. The molecule has 0 aliphatic heterocycles. The third-order valence-electron chi connectivity index (χ3n) is 1.29. The van der Waals surface area contributed by atoms with Crippen LogP contribution in [0.15, 0.2) is 24.3 Å². The van der Waals surface area contributed by atoms with Crippen molar-refractivity contribution >= 4 is 17.7 Å². The lowest BCUT2D eigenvalue weighted by atomic mass is 10.2. The Hall–Kier alpha value is -1.33. The van der Waals surface area contributed by atoms with E-state index in [-0.39, 0.29) is 5.02 Å². The molecule has 1 aromatic rings. The van der Waals surface area contributed by atoms with Crippen molar-refractivity contribution in [3.63, 3.8) is 0 Å². The number of hydrogen-bond donors (Lipinski definition) is 0. The monoisotopic (exact) mass is 181 g/mol. The lowest BCUT2D eigenvalue weighted by Gasteiger charge is -1.94. The normalized spacial score (nSPS) is 10.1. The van der Waals surface area contributed by atoms with Crippen molar-refractivity contribution in [2.75, 3.05) is 0 Å². The highest BCUT2D eigenvalue weighted by atomic mass is 35.5. The van der Waals surface area contributed by atoms with Gasteiger partial charge in [-0.2, -0.15) is 5.26 Å². The Balaban J connectivity index is 2.99. The molecule has 60 valence electrons. The highest BCUT2D eigenvalue weighted by Gasteiger charge is 1.97. The molecule has 1 rings (SSSR count). The molecule has 0 N–H and O–H groups in total. The zero-order valence-electron chi connectivity index (χ0n) is 6.09. The third kappa shape index (κ3) is 2.08. The smallest absolute Gasteiger partial charge is 0.142 e. The fourth-order valence-electron chi connectivity index (χ4n) is 0.750. The molecule has 0 bridgehead atoms. The van der Waals surface area contributed by atoms with Crippen LogP contribution >= 0.6 is 11.6 Å². The highest BCUT2D eigenvalue weighted by Crippen LogP contribution is 2.16. The van der Waals surface area contributed by atoms with Crippen LogP contribution in [0.5, 0.6) is 0 Å². The second kappa shape index (κ2) is 3.89. The molecule has 0 aliphatic rings. The zero-order chi connectivity index (χ0) is 8.97. The SMILES string of the molecule is N#CC=Cc1ccc(Cl)c(F)c1. The lowest BCUT2D eigenvalue weighted by molar-refractivity contribution is 0.628. The molecular weight excluding hydrogens is 177 g/mol. The lowest BCUT2D eigenvalue weighted by Crippen LogP contribution is -1.77. The van der Waals surface area contributed by atoms with Gasteiger partial charge in [0.2, 0.25) is 0 Å². The van der Waals surface area contributed by atoms with Gasteiger partial charge in [-0.25, -0.2) is 4.39 Å². The number of allylic oxidation sites excluding steroid dienone is 1. The van der Waals surface area contributed by atoms with E-state index >= 15 is 0 Å². The van der Waals surface area contributed by atoms with E-state index in [1.165, 1.54) is 24.3 Å². The summed E-state index contributed by atoms with van der Waals surface area (Å²) in [5.41, 5.74) is 0.624. The van der Waals surface area contributed by atoms with Gasteiger partial charge in [-0.3, -0.25) is 0 Å². The summed E-state index contributed by atoms with van der Waals surface area (Å²) in [7, 11) is 0. The fourth-order valence-corrected chi connectivity index (χ4v) is 0.867. The van der Waals surface area contributed by atoms with E-state index < -0.39 is 5.82 Å². The van der Waals surface area contributed by atoms with Crippen LogP contribution in [-0.4, -0.2) is 0 Å². The van der Waals surface area contributed by atoms with Gasteiger partial charge in [-0.1, -0.05) is 17.7 Å². The zero-order valence-corrected chi connectivity index (χ0v) is 6.85. The van der Waals surface area contributed by atoms with Gasteiger partial charge >= 0.3 is 0 Å². The molecule has 0 radical (unpaired) electrons. The molecule has 0 aliphatic carbocycles. The van der Waals surface area contributed by atoms with E-state index in [0.29, 0.717) is 5.56 Å². The van der Waals surface area contributed by atoms with Crippen LogP contribution in [0.25, 0.3) is 6.08 Å². The second-order valence-corrected chi connectivity index (χ2v) is 2.54. The molecule has 0 aromatic heterocycles. The van der Waals surface area contributed by atoms with Crippen LogP contribution in [0.4, 0.5) is 4.39 Å². The van der Waals surface area contributed by atoms with Gasteiger partial charge < -0.3 is 0 Å². The molecule has 3 heteroatoms. The molecule has 0 spiro atoms. The summed E-state index contributed by atoms with van der Waals surface area (Å²) >= 11 is 5.45. The Morgan fingerprint density at radius 2 is 2.25 bits per heavy atom. The van der Waals surface area contributed by atoms with Crippen LogP contribution in [0.2, 0.25) is 5.02 Å². The third-order valence-corrected chi connectivity index (χ3v) is 1.60. The number of benzene rings is 1. The van der Waals surface area contributed by atoms with Gasteiger partial charge in [0.25, 0.3) is 0 Å². The predicted molar refractivity (Wildman–Crippen MR) is 46.1 cm³/mol. The molecule has 0 fully saturated rings. The first kappa shape index (κ1) is 8.76. The first-order valence-electron chi connectivity index (χ1n) is 3.25. The standard InChI is InChI=1S/C9H5ClFN/c10-8-4-3-7(2-1-5-12)6-9(8)11/h1-4,6H. The van der Waals surface area contributed by atoms with Crippen molar-refractivity contribution in [2.24, 2.45) is 0 Å². The topological polar surface area (TPSA) is 23.8 Å². The average molecular weight is 182 g/mol. The van der Waals surface area contributed by atoms with E-state index in [4.69, 9.17) is 16.9 Å². The molecule has 0 unspecified atom stereocenters. The van der Waals surface area contributed by atoms with E-state index in [0.717, 1.165) is 0 Å². The summed E-state index contributed by atoms with van der Waals surface area (Å²) < 4.78 is 12.8. The van der Waals surface area contributed by atoms with E-state index in [2.05, 4.69) is 0 Å². The molecule has 0 atom stereocenters. The molecule has 1 nitrogen and oxygen atoms in total. The van der Waals surface area contributed by atoms with Crippen molar-refractivity contribution in [1.82, 2.24) is 0 Å². The highest BCUT2D eigenvalue weighted by molar-refractivity contribution is 6.30. The van der Waals surface area contributed by atoms with Crippen LogP contribution in [0, 0.1) is 17.1 Å². The maximum absolute atomic E-state index is 12.8. The van der Waals surface area contributed by atoms with Crippen molar-refractivity contribution < 1.29 is 4.39 Å². The first-order chi connectivity index (χ1) is 5.74. The van der Waals surface area contributed by atoms with Crippen LogP contribution < -0.4 is 0 Å². The van der Waals surface area contributed by atoms with Gasteiger partial charge in [0.1, 0.15) is 5.82 Å². The molecular formula is C9H5ClFN. The number of nitrogens with zero attached hydrogens (tertiary/aromatic N) is 1. The Morgan fingerprint density at radius 3 is 2.83 bits per heavy atom. The quantitative estimate of drug-likeness (QED) is 0.611. The van der Waals surface area contributed by atoms with Gasteiger partial charge in [-0.05, 0) is 23.8 Å². The van der Waals surface area contributed by atoms with Gasteiger partial charge in [0.05, 0.1) is 11.1 Å². The summed E-state index contributed by atoms with van der Waals surface area (Å²) in [4.78, 5) is 0. The average Bonchev–Trinajstić information content (AvgIpc) is 2.07. The van der Waals surface area contributed by atoms with Crippen molar-refractivity contribution in [2.45, 2.75) is 0 Å². The Kier molecular flexibility index (Phi) is 2.84. The Bertz CT molecular complexity index is 352. The summed E-state index contributed by atoms with van der Waals surface area (Å²) in [6.45, 7) is 0. The number of nitriles is 1.